The fourth-order valence-corrected chi connectivity index (χ4v) is 5.91. The van der Waals surface area contributed by atoms with Crippen molar-refractivity contribution in [2.45, 2.75) is 39.5 Å². The van der Waals surface area contributed by atoms with Crippen molar-refractivity contribution in [2.75, 3.05) is 69.1 Å². The van der Waals surface area contributed by atoms with Crippen LogP contribution in [0, 0.1) is 12.8 Å². The second-order valence-corrected chi connectivity index (χ2v) is 12.3. The molecule has 0 radical (unpaired) electrons. The summed E-state index contributed by atoms with van der Waals surface area (Å²) in [5.74, 6) is 1.39. The molecule has 10 heteroatoms. The number of hydrogen-bond donors (Lipinski definition) is 3. The highest BCUT2D eigenvalue weighted by Gasteiger charge is 2.31. The Morgan fingerprint density at radius 2 is 1.81 bits per heavy atom. The van der Waals surface area contributed by atoms with Crippen molar-refractivity contribution < 1.29 is 9.53 Å². The number of urea groups is 1. The van der Waals surface area contributed by atoms with E-state index in [1.54, 1.807) is 11.1 Å². The standard InChI is InChI=1S/C33H44N8O2/c1-23(2)43-30-21-41(22-30)33(42)36-19-27-5-4-26(16-24(27)3)31-10-11-35-32(38-31)37-28-6-8-29(9-7-28)40-14-12-39(13-15-40)20-25-17-34-18-25/h4-11,16,23,25,30,34H,12-15,17-22H2,1-3H3,(H,36,42)(H,35,37,38). The molecule has 0 saturated carbocycles. The van der Waals surface area contributed by atoms with E-state index in [0.717, 1.165) is 60.2 Å². The number of rotatable bonds is 10. The molecule has 10 nitrogen and oxygen atoms in total. The van der Waals surface area contributed by atoms with Gasteiger partial charge in [0.1, 0.15) is 0 Å². The van der Waals surface area contributed by atoms with Crippen LogP contribution in [0.15, 0.2) is 54.7 Å². The second kappa shape index (κ2) is 13.3. The molecule has 0 unspecified atom stereocenters. The number of benzene rings is 2. The van der Waals surface area contributed by atoms with Gasteiger partial charge in [-0.05, 0) is 74.2 Å². The maximum Gasteiger partial charge on any atom is 0.317 e. The topological polar surface area (TPSA) is 97.9 Å². The number of aryl methyl sites for hydroxylation is 1. The zero-order valence-corrected chi connectivity index (χ0v) is 25.6. The lowest BCUT2D eigenvalue weighted by Crippen LogP contribution is -2.58. The predicted molar refractivity (Wildman–Crippen MR) is 171 cm³/mol. The molecule has 3 aliphatic heterocycles. The molecule has 0 aliphatic carbocycles. The van der Waals surface area contributed by atoms with E-state index in [1.165, 1.54) is 25.3 Å². The number of anilines is 3. The van der Waals surface area contributed by atoms with Crippen molar-refractivity contribution in [3.05, 3.63) is 65.9 Å². The Bertz CT molecular complexity index is 1380. The quantitative estimate of drug-likeness (QED) is 0.331. The maximum atomic E-state index is 12.5. The average Bonchev–Trinajstić information content (AvgIpc) is 2.96. The Labute approximate surface area is 254 Å². The lowest BCUT2D eigenvalue weighted by Gasteiger charge is -2.39. The number of amides is 2. The lowest BCUT2D eigenvalue weighted by molar-refractivity contribution is -0.0641. The number of piperazine rings is 1. The number of aromatic nitrogens is 2. The monoisotopic (exact) mass is 584 g/mol. The van der Waals surface area contributed by atoms with Gasteiger partial charge in [0.25, 0.3) is 0 Å². The van der Waals surface area contributed by atoms with Crippen molar-refractivity contribution in [2.24, 2.45) is 5.92 Å². The van der Waals surface area contributed by atoms with Crippen LogP contribution in [0.2, 0.25) is 0 Å². The van der Waals surface area contributed by atoms with Gasteiger partial charge in [-0.15, -0.1) is 0 Å². The largest absolute Gasteiger partial charge is 0.372 e. The average molecular weight is 585 g/mol. The van der Waals surface area contributed by atoms with Gasteiger partial charge in [0.05, 0.1) is 31.0 Å². The summed E-state index contributed by atoms with van der Waals surface area (Å²) in [6, 6.07) is 16.7. The van der Waals surface area contributed by atoms with Crippen molar-refractivity contribution in [1.29, 1.82) is 0 Å². The normalized spacial score (nSPS) is 18.0. The fraction of sp³-hybridized carbons (Fsp3) is 0.485. The molecular formula is C33H44N8O2. The molecule has 3 N–H and O–H groups in total. The molecule has 3 saturated heterocycles. The van der Waals surface area contributed by atoms with E-state index < -0.39 is 0 Å². The Morgan fingerprint density at radius 1 is 1.05 bits per heavy atom. The molecule has 0 bridgehead atoms. The summed E-state index contributed by atoms with van der Waals surface area (Å²) in [6.07, 6.45) is 2.11. The third-order valence-corrected chi connectivity index (χ3v) is 8.57. The molecule has 0 spiro atoms. The third-order valence-electron chi connectivity index (χ3n) is 8.57. The van der Waals surface area contributed by atoms with Crippen molar-refractivity contribution >= 4 is 23.4 Å². The van der Waals surface area contributed by atoms with E-state index in [4.69, 9.17) is 9.72 Å². The first-order valence-electron chi connectivity index (χ1n) is 15.6. The number of nitrogens with zero attached hydrogens (tertiary/aromatic N) is 5. The summed E-state index contributed by atoms with van der Waals surface area (Å²) in [5.41, 5.74) is 6.26. The first kappa shape index (κ1) is 29.3. The van der Waals surface area contributed by atoms with Crippen molar-refractivity contribution in [1.82, 2.24) is 30.4 Å². The zero-order valence-electron chi connectivity index (χ0n) is 25.6. The highest BCUT2D eigenvalue weighted by Crippen LogP contribution is 2.25. The van der Waals surface area contributed by atoms with Crippen LogP contribution in [-0.4, -0.2) is 96.9 Å². The molecule has 4 heterocycles. The van der Waals surface area contributed by atoms with Crippen molar-refractivity contribution in [3.8, 4) is 11.3 Å². The molecule has 1 aromatic heterocycles. The highest BCUT2D eigenvalue weighted by molar-refractivity contribution is 5.75. The van der Waals surface area contributed by atoms with Gasteiger partial charge in [-0.25, -0.2) is 14.8 Å². The lowest BCUT2D eigenvalue weighted by atomic mass is 10.0. The molecular weight excluding hydrogens is 540 g/mol. The third kappa shape index (κ3) is 7.44. The number of likely N-dealkylation sites (tertiary alicyclic amines) is 1. The predicted octanol–water partition coefficient (Wildman–Crippen LogP) is 3.86. The van der Waals surface area contributed by atoms with E-state index >= 15 is 0 Å². The zero-order chi connectivity index (χ0) is 29.8. The SMILES string of the molecule is Cc1cc(-c2ccnc(Nc3ccc(N4CCN(CC5CNC5)CC4)cc3)n2)ccc1CNC(=O)N1CC(OC(C)C)C1. The van der Waals surface area contributed by atoms with Gasteiger partial charge in [-0.1, -0.05) is 12.1 Å². The van der Waals surface area contributed by atoms with Gasteiger partial charge in [-0.3, -0.25) is 4.90 Å². The molecule has 2 amide bonds. The summed E-state index contributed by atoms with van der Waals surface area (Å²) < 4.78 is 5.75. The highest BCUT2D eigenvalue weighted by atomic mass is 16.5. The van der Waals surface area contributed by atoms with Crippen LogP contribution in [0.25, 0.3) is 11.3 Å². The van der Waals surface area contributed by atoms with Crippen LogP contribution in [0.1, 0.15) is 25.0 Å². The van der Waals surface area contributed by atoms with Crippen LogP contribution in [-0.2, 0) is 11.3 Å². The van der Waals surface area contributed by atoms with Gasteiger partial charge < -0.3 is 30.5 Å². The van der Waals surface area contributed by atoms with Crippen LogP contribution >= 0.6 is 0 Å². The molecule has 228 valence electrons. The minimum absolute atomic E-state index is 0.0497. The van der Waals surface area contributed by atoms with Gasteiger partial charge in [0.15, 0.2) is 0 Å². The molecule has 2 aromatic carbocycles. The molecule has 6 rings (SSSR count). The minimum atomic E-state index is -0.0497. The number of ether oxygens (including phenoxy) is 1. The smallest absolute Gasteiger partial charge is 0.317 e. The summed E-state index contributed by atoms with van der Waals surface area (Å²) in [4.78, 5) is 28.6. The number of carbonyl (C=O) groups excluding carboxylic acids is 1. The van der Waals surface area contributed by atoms with E-state index in [0.29, 0.717) is 25.6 Å². The van der Waals surface area contributed by atoms with Gasteiger partial charge in [0.2, 0.25) is 5.95 Å². The minimum Gasteiger partial charge on any atom is -0.372 e. The maximum absolute atomic E-state index is 12.5. The van der Waals surface area contributed by atoms with Crippen LogP contribution < -0.4 is 20.9 Å². The van der Waals surface area contributed by atoms with Crippen LogP contribution in [0.5, 0.6) is 0 Å². The molecule has 3 aliphatic rings. The molecule has 43 heavy (non-hydrogen) atoms. The van der Waals surface area contributed by atoms with Gasteiger partial charge in [-0.2, -0.15) is 0 Å². The van der Waals surface area contributed by atoms with Crippen molar-refractivity contribution in [3.63, 3.8) is 0 Å². The van der Waals surface area contributed by atoms with E-state index in [-0.39, 0.29) is 18.2 Å². The Balaban J connectivity index is 0.999. The van der Waals surface area contributed by atoms with E-state index in [2.05, 4.69) is 74.1 Å². The molecule has 3 fully saturated rings. The second-order valence-electron chi connectivity index (χ2n) is 12.3. The molecule has 3 aromatic rings. The summed E-state index contributed by atoms with van der Waals surface area (Å²) in [6.45, 7) is 15.8. The fourth-order valence-electron chi connectivity index (χ4n) is 5.91. The Kier molecular flexibility index (Phi) is 9.06. The number of carbonyl (C=O) groups is 1. The summed E-state index contributed by atoms with van der Waals surface area (Å²) in [7, 11) is 0. The van der Waals surface area contributed by atoms with E-state index in [9.17, 15) is 4.79 Å². The summed E-state index contributed by atoms with van der Waals surface area (Å²) >= 11 is 0. The van der Waals surface area contributed by atoms with Gasteiger partial charge >= 0.3 is 6.03 Å². The first-order valence-corrected chi connectivity index (χ1v) is 15.6. The number of hydrogen-bond acceptors (Lipinski definition) is 8. The van der Waals surface area contributed by atoms with Crippen LogP contribution in [0.4, 0.5) is 22.1 Å². The number of nitrogens with one attached hydrogen (secondary N) is 3. The van der Waals surface area contributed by atoms with Crippen LogP contribution in [0.3, 0.4) is 0 Å². The Hall–Kier alpha value is -3.73. The summed E-state index contributed by atoms with van der Waals surface area (Å²) in [5, 5.41) is 9.77. The molecule has 0 atom stereocenters. The van der Waals surface area contributed by atoms with Gasteiger partial charge in [0, 0.05) is 75.5 Å². The Morgan fingerprint density at radius 3 is 2.49 bits per heavy atom. The first-order chi connectivity index (χ1) is 20.9. The van der Waals surface area contributed by atoms with E-state index in [1.807, 2.05) is 26.0 Å².